The van der Waals surface area contributed by atoms with E-state index in [1.807, 2.05) is 6.07 Å². The van der Waals surface area contributed by atoms with E-state index in [0.717, 1.165) is 8.96 Å². The van der Waals surface area contributed by atoms with Crippen LogP contribution in [0.4, 0.5) is 0 Å². The molecule has 0 aliphatic carbocycles. The number of rotatable bonds is 1. The van der Waals surface area contributed by atoms with Gasteiger partial charge in [0.25, 0.3) is 0 Å². The largest absolute Gasteiger partial charge is 0.478 e. The molecule has 4 heteroatoms. The van der Waals surface area contributed by atoms with Crippen LogP contribution >= 0.6 is 22.6 Å². The van der Waals surface area contributed by atoms with Gasteiger partial charge in [0, 0.05) is 15.2 Å². The zero-order valence-electron chi connectivity index (χ0n) is 7.07. The highest BCUT2D eigenvalue weighted by molar-refractivity contribution is 14.1. The van der Waals surface area contributed by atoms with Crippen LogP contribution in [0.25, 0.3) is 10.9 Å². The molecule has 70 valence electrons. The van der Waals surface area contributed by atoms with Gasteiger partial charge in [0.05, 0.1) is 11.1 Å². The standard InChI is InChI=1S/C10H6INO2/c11-8-4-3-7(10(13)14)9-6(8)2-1-5-12-9/h1-5H,(H,13,14). The summed E-state index contributed by atoms with van der Waals surface area (Å²) in [6.45, 7) is 0. The highest BCUT2D eigenvalue weighted by atomic mass is 127. The van der Waals surface area contributed by atoms with Gasteiger partial charge < -0.3 is 5.11 Å². The number of pyridine rings is 1. The number of aromatic carboxylic acids is 1. The van der Waals surface area contributed by atoms with Crippen molar-refractivity contribution < 1.29 is 9.90 Å². The highest BCUT2D eigenvalue weighted by Crippen LogP contribution is 2.21. The molecule has 0 saturated heterocycles. The quantitative estimate of drug-likeness (QED) is 0.823. The van der Waals surface area contributed by atoms with Crippen LogP contribution in [0, 0.1) is 3.57 Å². The summed E-state index contributed by atoms with van der Waals surface area (Å²) >= 11 is 2.17. The topological polar surface area (TPSA) is 50.2 Å². The third-order valence-corrected chi connectivity index (χ3v) is 2.89. The van der Waals surface area contributed by atoms with E-state index in [1.165, 1.54) is 0 Å². The van der Waals surface area contributed by atoms with E-state index in [1.54, 1.807) is 24.4 Å². The van der Waals surface area contributed by atoms with Crippen molar-refractivity contribution in [1.29, 1.82) is 0 Å². The summed E-state index contributed by atoms with van der Waals surface area (Å²) in [6, 6.07) is 7.04. The number of nitrogens with zero attached hydrogens (tertiary/aromatic N) is 1. The molecular formula is C10H6INO2. The minimum atomic E-state index is -0.940. The van der Waals surface area contributed by atoms with Crippen molar-refractivity contribution in [3.05, 3.63) is 39.6 Å². The molecular weight excluding hydrogens is 293 g/mol. The minimum Gasteiger partial charge on any atom is -0.478 e. The number of carboxylic acids is 1. The van der Waals surface area contributed by atoms with Crippen LogP contribution in [0.2, 0.25) is 0 Å². The number of carboxylic acid groups (broad SMARTS) is 1. The monoisotopic (exact) mass is 299 g/mol. The van der Waals surface area contributed by atoms with E-state index in [4.69, 9.17) is 5.11 Å². The van der Waals surface area contributed by atoms with Gasteiger partial charge >= 0.3 is 5.97 Å². The van der Waals surface area contributed by atoms with Gasteiger partial charge in [-0.05, 0) is 40.8 Å². The van der Waals surface area contributed by atoms with Crippen LogP contribution < -0.4 is 0 Å². The van der Waals surface area contributed by atoms with Crippen molar-refractivity contribution in [2.24, 2.45) is 0 Å². The normalized spacial score (nSPS) is 10.4. The van der Waals surface area contributed by atoms with E-state index in [2.05, 4.69) is 27.6 Å². The van der Waals surface area contributed by atoms with E-state index in [9.17, 15) is 4.79 Å². The molecule has 1 heterocycles. The fourth-order valence-electron chi connectivity index (χ4n) is 1.31. The number of hydrogen-bond acceptors (Lipinski definition) is 2. The number of hydrogen-bond donors (Lipinski definition) is 1. The molecule has 0 unspecified atom stereocenters. The molecule has 0 spiro atoms. The molecule has 0 aliphatic heterocycles. The molecule has 0 radical (unpaired) electrons. The Morgan fingerprint density at radius 2 is 2.14 bits per heavy atom. The average Bonchev–Trinajstić information content (AvgIpc) is 2.18. The summed E-state index contributed by atoms with van der Waals surface area (Å²) < 4.78 is 1.01. The Kier molecular flexibility index (Phi) is 2.37. The average molecular weight is 299 g/mol. The second-order valence-electron chi connectivity index (χ2n) is 2.80. The van der Waals surface area contributed by atoms with E-state index < -0.39 is 5.97 Å². The van der Waals surface area contributed by atoms with Crippen molar-refractivity contribution in [1.82, 2.24) is 4.98 Å². The van der Waals surface area contributed by atoms with Crippen LogP contribution in [0.1, 0.15) is 10.4 Å². The molecule has 1 aromatic carbocycles. The zero-order valence-corrected chi connectivity index (χ0v) is 9.22. The predicted molar refractivity (Wildman–Crippen MR) is 61.4 cm³/mol. The van der Waals surface area contributed by atoms with Gasteiger partial charge in [0.2, 0.25) is 0 Å². The lowest BCUT2D eigenvalue weighted by Crippen LogP contribution is -1.99. The lowest BCUT2D eigenvalue weighted by atomic mass is 10.1. The Bertz CT molecular complexity index is 510. The molecule has 2 aromatic rings. The van der Waals surface area contributed by atoms with Crippen LogP contribution in [0.15, 0.2) is 30.5 Å². The number of carbonyl (C=O) groups is 1. The molecule has 0 amide bonds. The van der Waals surface area contributed by atoms with Gasteiger partial charge in [0.15, 0.2) is 0 Å². The second kappa shape index (κ2) is 3.53. The van der Waals surface area contributed by atoms with Gasteiger partial charge in [-0.3, -0.25) is 4.98 Å². The Balaban J connectivity index is 2.88. The van der Waals surface area contributed by atoms with Gasteiger partial charge in [-0.2, -0.15) is 0 Å². The van der Waals surface area contributed by atoms with Crippen molar-refractivity contribution in [2.75, 3.05) is 0 Å². The summed E-state index contributed by atoms with van der Waals surface area (Å²) in [4.78, 5) is 15.0. The van der Waals surface area contributed by atoms with E-state index in [0.29, 0.717) is 5.52 Å². The fourth-order valence-corrected chi connectivity index (χ4v) is 1.93. The second-order valence-corrected chi connectivity index (χ2v) is 3.96. The van der Waals surface area contributed by atoms with Crippen LogP contribution in [-0.4, -0.2) is 16.1 Å². The van der Waals surface area contributed by atoms with E-state index in [-0.39, 0.29) is 5.56 Å². The molecule has 0 aliphatic rings. The minimum absolute atomic E-state index is 0.251. The zero-order chi connectivity index (χ0) is 10.1. The third kappa shape index (κ3) is 1.45. The van der Waals surface area contributed by atoms with Gasteiger partial charge in [0.1, 0.15) is 0 Å². The Morgan fingerprint density at radius 1 is 1.36 bits per heavy atom. The summed E-state index contributed by atoms with van der Waals surface area (Å²) in [5, 5.41) is 9.81. The van der Waals surface area contributed by atoms with Gasteiger partial charge in [-0.15, -0.1) is 0 Å². The van der Waals surface area contributed by atoms with Crippen molar-refractivity contribution in [3.8, 4) is 0 Å². The van der Waals surface area contributed by atoms with Crippen molar-refractivity contribution in [3.63, 3.8) is 0 Å². The molecule has 0 fully saturated rings. The summed E-state index contributed by atoms with van der Waals surface area (Å²) in [6.07, 6.45) is 1.60. The molecule has 2 rings (SSSR count). The smallest absolute Gasteiger partial charge is 0.337 e. The SMILES string of the molecule is O=C(O)c1ccc(I)c2cccnc12. The Labute approximate surface area is 93.9 Å². The number of fused-ring (bicyclic) bond motifs is 1. The number of benzene rings is 1. The lowest BCUT2D eigenvalue weighted by Gasteiger charge is -2.02. The first kappa shape index (κ1) is 9.39. The van der Waals surface area contributed by atoms with Crippen LogP contribution in [-0.2, 0) is 0 Å². The molecule has 14 heavy (non-hydrogen) atoms. The number of aromatic nitrogens is 1. The maximum Gasteiger partial charge on any atom is 0.337 e. The van der Waals surface area contributed by atoms with E-state index >= 15 is 0 Å². The van der Waals surface area contributed by atoms with Gasteiger partial charge in [-0.25, -0.2) is 4.79 Å². The fraction of sp³-hybridized carbons (Fsp3) is 0. The summed E-state index contributed by atoms with van der Waals surface area (Å²) in [5.41, 5.74) is 0.799. The Hall–Kier alpha value is -1.17. The predicted octanol–water partition coefficient (Wildman–Crippen LogP) is 2.54. The molecule has 0 bridgehead atoms. The highest BCUT2D eigenvalue weighted by Gasteiger charge is 2.10. The first-order valence-corrected chi connectivity index (χ1v) is 5.04. The summed E-state index contributed by atoms with van der Waals surface area (Å²) in [5.74, 6) is -0.940. The van der Waals surface area contributed by atoms with Crippen molar-refractivity contribution >= 4 is 39.5 Å². The third-order valence-electron chi connectivity index (χ3n) is 1.95. The lowest BCUT2D eigenvalue weighted by molar-refractivity contribution is 0.0699. The molecule has 1 aromatic heterocycles. The molecule has 1 N–H and O–H groups in total. The van der Waals surface area contributed by atoms with Gasteiger partial charge in [-0.1, -0.05) is 6.07 Å². The molecule has 3 nitrogen and oxygen atoms in total. The first-order chi connectivity index (χ1) is 6.70. The van der Waals surface area contributed by atoms with Crippen LogP contribution in [0.3, 0.4) is 0 Å². The maximum absolute atomic E-state index is 10.9. The molecule has 0 atom stereocenters. The molecule has 0 saturated carbocycles. The number of halogens is 1. The van der Waals surface area contributed by atoms with Crippen LogP contribution in [0.5, 0.6) is 0 Å². The first-order valence-electron chi connectivity index (χ1n) is 3.96. The Morgan fingerprint density at radius 3 is 2.86 bits per heavy atom. The van der Waals surface area contributed by atoms with Crippen molar-refractivity contribution in [2.45, 2.75) is 0 Å². The maximum atomic E-state index is 10.9. The summed E-state index contributed by atoms with van der Waals surface area (Å²) in [7, 11) is 0.